The quantitative estimate of drug-likeness (QED) is 0.230. The van der Waals surface area contributed by atoms with Crippen molar-refractivity contribution in [2.75, 3.05) is 0 Å². The standard InChI is InChI=1S/C18H36/c1-3-5-7-9-11-13-15-17-18-16-14-12-10-8-6-4-2/h7,9H,3-6,8,10-18H2,1-2H3/b9-7-. The van der Waals surface area contributed by atoms with E-state index in [0.717, 1.165) is 0 Å². The smallest absolute Gasteiger partial charge is 0.0351 e. The number of unbranched alkanes of at least 4 members (excludes halogenated alkanes) is 12. The van der Waals surface area contributed by atoms with Gasteiger partial charge >= 0.3 is 0 Å². The highest BCUT2D eigenvalue weighted by atomic mass is 14.0. The average Bonchev–Trinajstić information content (AvgIpc) is 2.39. The van der Waals surface area contributed by atoms with Crippen molar-refractivity contribution in [2.24, 2.45) is 0 Å². The fourth-order valence-electron chi connectivity index (χ4n) is 2.33. The molecule has 0 nitrogen and oxygen atoms in total. The molecule has 0 aromatic carbocycles. The van der Waals surface area contributed by atoms with Gasteiger partial charge in [-0.25, -0.2) is 0 Å². The minimum atomic E-state index is 1.26. The monoisotopic (exact) mass is 252 g/mol. The van der Waals surface area contributed by atoms with Crippen molar-refractivity contribution < 1.29 is 0 Å². The summed E-state index contributed by atoms with van der Waals surface area (Å²) < 4.78 is 0. The molecule has 0 aliphatic heterocycles. The summed E-state index contributed by atoms with van der Waals surface area (Å²) in [5.41, 5.74) is 0. The Labute approximate surface area is 116 Å². The summed E-state index contributed by atoms with van der Waals surface area (Å²) in [4.78, 5) is 0. The maximum atomic E-state index is 2.37. The van der Waals surface area contributed by atoms with Crippen LogP contribution in [-0.2, 0) is 0 Å². The van der Waals surface area contributed by atoms with Crippen LogP contribution in [0.1, 0.15) is 104 Å². The number of hydrogen-bond donors (Lipinski definition) is 0. The lowest BCUT2D eigenvalue weighted by Crippen LogP contribution is -1.81. The van der Waals surface area contributed by atoms with E-state index in [4.69, 9.17) is 0 Å². The molecule has 108 valence electrons. The molecule has 0 saturated carbocycles. The van der Waals surface area contributed by atoms with Crippen molar-refractivity contribution in [3.8, 4) is 0 Å². The van der Waals surface area contributed by atoms with Gasteiger partial charge in [-0.15, -0.1) is 0 Å². The maximum absolute atomic E-state index is 2.37. The highest BCUT2D eigenvalue weighted by molar-refractivity contribution is 4.80. The molecular formula is C18H36. The number of rotatable bonds is 14. The Morgan fingerprint density at radius 2 is 0.889 bits per heavy atom. The first-order valence-corrected chi connectivity index (χ1v) is 8.56. The molecule has 0 aliphatic rings. The van der Waals surface area contributed by atoms with Crippen LogP contribution < -0.4 is 0 Å². The summed E-state index contributed by atoms with van der Waals surface area (Å²) in [6, 6.07) is 0. The molecule has 0 saturated heterocycles. The van der Waals surface area contributed by atoms with Crippen LogP contribution in [0.4, 0.5) is 0 Å². The normalized spacial score (nSPS) is 11.4. The van der Waals surface area contributed by atoms with E-state index >= 15 is 0 Å². The molecule has 0 spiro atoms. The first-order chi connectivity index (χ1) is 8.91. The first-order valence-electron chi connectivity index (χ1n) is 8.56. The van der Waals surface area contributed by atoms with E-state index in [1.807, 2.05) is 0 Å². The van der Waals surface area contributed by atoms with Crippen molar-refractivity contribution in [2.45, 2.75) is 104 Å². The third kappa shape index (κ3) is 15.7. The SMILES string of the molecule is CCC/C=C\CCCCCCCCCCCCC. The van der Waals surface area contributed by atoms with Gasteiger partial charge in [0.05, 0.1) is 0 Å². The molecular weight excluding hydrogens is 216 g/mol. The minimum Gasteiger partial charge on any atom is -0.0885 e. The van der Waals surface area contributed by atoms with Crippen LogP contribution in [0.2, 0.25) is 0 Å². The van der Waals surface area contributed by atoms with Crippen LogP contribution >= 0.6 is 0 Å². The van der Waals surface area contributed by atoms with E-state index in [9.17, 15) is 0 Å². The van der Waals surface area contributed by atoms with Crippen LogP contribution in [0.25, 0.3) is 0 Å². The summed E-state index contributed by atoms with van der Waals surface area (Å²) in [7, 11) is 0. The second-order valence-corrected chi connectivity index (χ2v) is 5.58. The van der Waals surface area contributed by atoms with Crippen molar-refractivity contribution in [3.05, 3.63) is 12.2 Å². The lowest BCUT2D eigenvalue weighted by molar-refractivity contribution is 0.550. The van der Waals surface area contributed by atoms with E-state index in [1.54, 1.807) is 0 Å². The summed E-state index contributed by atoms with van der Waals surface area (Å²) in [5, 5.41) is 0. The van der Waals surface area contributed by atoms with Crippen molar-refractivity contribution in [1.29, 1.82) is 0 Å². The molecule has 0 amide bonds. The Morgan fingerprint density at radius 3 is 1.39 bits per heavy atom. The zero-order chi connectivity index (χ0) is 13.3. The van der Waals surface area contributed by atoms with Gasteiger partial charge in [-0.3, -0.25) is 0 Å². The number of hydrogen-bond acceptors (Lipinski definition) is 0. The molecule has 0 bridgehead atoms. The molecule has 0 aromatic rings. The van der Waals surface area contributed by atoms with Crippen molar-refractivity contribution >= 4 is 0 Å². The van der Waals surface area contributed by atoms with Crippen LogP contribution in [-0.4, -0.2) is 0 Å². The van der Waals surface area contributed by atoms with Gasteiger partial charge < -0.3 is 0 Å². The molecule has 0 heteroatoms. The van der Waals surface area contributed by atoms with Gasteiger partial charge in [0.2, 0.25) is 0 Å². The Morgan fingerprint density at radius 1 is 0.444 bits per heavy atom. The molecule has 18 heavy (non-hydrogen) atoms. The lowest BCUT2D eigenvalue weighted by Gasteiger charge is -2.01. The highest BCUT2D eigenvalue weighted by Crippen LogP contribution is 2.12. The van der Waals surface area contributed by atoms with Gasteiger partial charge in [0, 0.05) is 0 Å². The van der Waals surface area contributed by atoms with Crippen LogP contribution in [0.3, 0.4) is 0 Å². The zero-order valence-electron chi connectivity index (χ0n) is 13.1. The molecule has 0 unspecified atom stereocenters. The molecule has 0 rings (SSSR count). The third-order valence-electron chi connectivity index (χ3n) is 3.60. The number of allylic oxidation sites excluding steroid dienone is 2. The third-order valence-corrected chi connectivity index (χ3v) is 3.60. The summed E-state index contributed by atoms with van der Waals surface area (Å²) in [6.45, 7) is 4.53. The summed E-state index contributed by atoms with van der Waals surface area (Å²) in [5.74, 6) is 0. The predicted molar refractivity (Wildman–Crippen MR) is 85.1 cm³/mol. The molecule has 0 radical (unpaired) electrons. The molecule has 0 N–H and O–H groups in total. The van der Waals surface area contributed by atoms with Gasteiger partial charge in [-0.05, 0) is 19.3 Å². The highest BCUT2D eigenvalue weighted by Gasteiger charge is 1.92. The van der Waals surface area contributed by atoms with E-state index < -0.39 is 0 Å². The second-order valence-electron chi connectivity index (χ2n) is 5.58. The Kier molecular flexibility index (Phi) is 16.5. The zero-order valence-corrected chi connectivity index (χ0v) is 13.1. The summed E-state index contributed by atoms with van der Waals surface area (Å²) in [6.07, 6.45) is 24.5. The van der Waals surface area contributed by atoms with Crippen LogP contribution in [0.5, 0.6) is 0 Å². The van der Waals surface area contributed by atoms with Gasteiger partial charge in [0.25, 0.3) is 0 Å². The van der Waals surface area contributed by atoms with Crippen LogP contribution in [0, 0.1) is 0 Å². The van der Waals surface area contributed by atoms with Crippen molar-refractivity contribution in [1.82, 2.24) is 0 Å². The molecule has 0 heterocycles. The minimum absolute atomic E-state index is 1.26. The first kappa shape index (κ1) is 17.7. The fourth-order valence-corrected chi connectivity index (χ4v) is 2.33. The molecule has 0 atom stereocenters. The van der Waals surface area contributed by atoms with Gasteiger partial charge in [-0.1, -0.05) is 96.6 Å². The Bertz CT molecular complexity index is 157. The van der Waals surface area contributed by atoms with E-state index in [0.29, 0.717) is 0 Å². The summed E-state index contributed by atoms with van der Waals surface area (Å²) >= 11 is 0. The fraction of sp³-hybridized carbons (Fsp3) is 0.889. The molecule has 0 fully saturated rings. The Hall–Kier alpha value is -0.260. The molecule has 0 aliphatic carbocycles. The van der Waals surface area contributed by atoms with Crippen molar-refractivity contribution in [3.63, 3.8) is 0 Å². The van der Waals surface area contributed by atoms with Gasteiger partial charge in [0.15, 0.2) is 0 Å². The van der Waals surface area contributed by atoms with Crippen LogP contribution in [0.15, 0.2) is 12.2 Å². The molecule has 0 aromatic heterocycles. The second kappa shape index (κ2) is 16.7. The predicted octanol–water partition coefficient (Wildman–Crippen LogP) is 7.04. The largest absolute Gasteiger partial charge is 0.0885 e. The maximum Gasteiger partial charge on any atom is -0.0351 e. The van der Waals surface area contributed by atoms with Gasteiger partial charge in [0.1, 0.15) is 0 Å². The average molecular weight is 252 g/mol. The topological polar surface area (TPSA) is 0 Å². The van der Waals surface area contributed by atoms with Gasteiger partial charge in [-0.2, -0.15) is 0 Å². The van der Waals surface area contributed by atoms with E-state index in [-0.39, 0.29) is 0 Å². The Balaban J connectivity index is 2.94. The lowest BCUT2D eigenvalue weighted by atomic mass is 10.1. The van der Waals surface area contributed by atoms with E-state index in [1.165, 1.54) is 89.9 Å². The van der Waals surface area contributed by atoms with E-state index in [2.05, 4.69) is 26.0 Å².